The molecule has 140 valence electrons. The highest BCUT2D eigenvalue weighted by molar-refractivity contribution is 9.10. The minimum absolute atomic E-state index is 0.00392. The molecule has 27 heavy (non-hydrogen) atoms. The molecule has 1 heterocycles. The van der Waals surface area contributed by atoms with Crippen molar-refractivity contribution in [1.82, 2.24) is 4.57 Å². The molecule has 0 radical (unpaired) electrons. The fourth-order valence-electron chi connectivity index (χ4n) is 3.08. The van der Waals surface area contributed by atoms with Gasteiger partial charge in [0, 0.05) is 16.4 Å². The van der Waals surface area contributed by atoms with Crippen molar-refractivity contribution in [3.8, 4) is 11.6 Å². The van der Waals surface area contributed by atoms with Crippen LogP contribution >= 0.6 is 15.9 Å². The molecular formula is C20H20BrN3O3. The van der Waals surface area contributed by atoms with Gasteiger partial charge in [-0.15, -0.1) is 10.2 Å². The highest BCUT2D eigenvalue weighted by atomic mass is 79.9. The first-order chi connectivity index (χ1) is 12.9. The zero-order valence-electron chi connectivity index (χ0n) is 15.4. The van der Waals surface area contributed by atoms with Crippen LogP contribution in [-0.4, -0.2) is 22.2 Å². The number of fused-ring (bicyclic) bond motifs is 1. The SMILES string of the molecule is CCn1c(O)c(N=NC(=O)COc2c(C)cc(Br)cc2C)c2ccccc21. The van der Waals surface area contributed by atoms with E-state index in [1.807, 2.05) is 57.2 Å². The fourth-order valence-corrected chi connectivity index (χ4v) is 3.77. The summed E-state index contributed by atoms with van der Waals surface area (Å²) in [5, 5.41) is 18.9. The molecule has 0 atom stereocenters. The number of para-hydroxylation sites is 1. The minimum Gasteiger partial charge on any atom is -0.493 e. The zero-order valence-corrected chi connectivity index (χ0v) is 16.9. The lowest BCUT2D eigenvalue weighted by molar-refractivity contribution is -0.120. The number of benzene rings is 2. The molecule has 3 aromatic rings. The van der Waals surface area contributed by atoms with Gasteiger partial charge in [-0.3, -0.25) is 4.79 Å². The predicted octanol–water partition coefficient (Wildman–Crippen LogP) is 5.44. The maximum atomic E-state index is 12.1. The van der Waals surface area contributed by atoms with Crippen LogP contribution in [0.5, 0.6) is 11.6 Å². The largest absolute Gasteiger partial charge is 0.493 e. The quantitative estimate of drug-likeness (QED) is 0.548. The summed E-state index contributed by atoms with van der Waals surface area (Å²) in [6.07, 6.45) is 0. The van der Waals surface area contributed by atoms with Gasteiger partial charge >= 0.3 is 5.91 Å². The smallest absolute Gasteiger partial charge is 0.302 e. The van der Waals surface area contributed by atoms with E-state index in [9.17, 15) is 9.90 Å². The van der Waals surface area contributed by atoms with Crippen molar-refractivity contribution in [2.75, 3.05) is 6.61 Å². The third-order valence-corrected chi connectivity index (χ3v) is 4.72. The van der Waals surface area contributed by atoms with Crippen molar-refractivity contribution in [3.05, 3.63) is 52.0 Å². The van der Waals surface area contributed by atoms with Crippen LogP contribution in [0.3, 0.4) is 0 Å². The van der Waals surface area contributed by atoms with Crippen LogP contribution in [0.25, 0.3) is 10.9 Å². The lowest BCUT2D eigenvalue weighted by Gasteiger charge is -2.10. The zero-order chi connectivity index (χ0) is 19.6. The number of aryl methyl sites for hydroxylation is 3. The third-order valence-electron chi connectivity index (χ3n) is 4.26. The molecule has 0 fully saturated rings. The third kappa shape index (κ3) is 3.88. The van der Waals surface area contributed by atoms with Gasteiger partial charge in [-0.05, 0) is 50.1 Å². The van der Waals surface area contributed by atoms with Crippen LogP contribution in [0.2, 0.25) is 0 Å². The van der Waals surface area contributed by atoms with Gasteiger partial charge in [0.05, 0.1) is 5.52 Å². The molecular weight excluding hydrogens is 410 g/mol. The van der Waals surface area contributed by atoms with Crippen LogP contribution in [0.4, 0.5) is 5.69 Å². The van der Waals surface area contributed by atoms with Crippen LogP contribution in [0.15, 0.2) is 51.1 Å². The van der Waals surface area contributed by atoms with E-state index in [-0.39, 0.29) is 18.2 Å². The molecule has 1 amide bonds. The molecule has 0 saturated carbocycles. The van der Waals surface area contributed by atoms with Crippen molar-refractivity contribution in [3.63, 3.8) is 0 Å². The molecule has 0 saturated heterocycles. The summed E-state index contributed by atoms with van der Waals surface area (Å²) in [5.41, 5.74) is 2.98. The van der Waals surface area contributed by atoms with Gasteiger partial charge in [0.15, 0.2) is 12.3 Å². The van der Waals surface area contributed by atoms with Gasteiger partial charge in [-0.2, -0.15) is 0 Å². The Morgan fingerprint density at radius 3 is 2.56 bits per heavy atom. The lowest BCUT2D eigenvalue weighted by atomic mass is 10.1. The number of hydrogen-bond donors (Lipinski definition) is 1. The lowest BCUT2D eigenvalue weighted by Crippen LogP contribution is -2.09. The second-order valence-corrected chi connectivity index (χ2v) is 7.10. The van der Waals surface area contributed by atoms with Gasteiger partial charge in [-0.25, -0.2) is 0 Å². The molecule has 3 rings (SSSR count). The Labute approximate surface area is 165 Å². The standard InChI is InChI=1S/C20H20BrN3O3/c1-4-24-16-8-6-5-7-15(16)18(20(24)26)23-22-17(25)11-27-19-12(2)9-14(21)10-13(19)3/h5-10,26H,4,11H2,1-3H3. The Hall–Kier alpha value is -2.67. The second-order valence-electron chi connectivity index (χ2n) is 6.18. The summed E-state index contributed by atoms with van der Waals surface area (Å²) < 4.78 is 8.30. The van der Waals surface area contributed by atoms with Crippen molar-refractivity contribution >= 4 is 38.4 Å². The average Bonchev–Trinajstić information content (AvgIpc) is 2.89. The van der Waals surface area contributed by atoms with Crippen LogP contribution in [0.1, 0.15) is 18.1 Å². The van der Waals surface area contributed by atoms with E-state index in [1.165, 1.54) is 0 Å². The van der Waals surface area contributed by atoms with Gasteiger partial charge in [0.2, 0.25) is 5.88 Å². The number of aromatic nitrogens is 1. The topological polar surface area (TPSA) is 76.2 Å². The maximum absolute atomic E-state index is 12.1. The predicted molar refractivity (Wildman–Crippen MR) is 108 cm³/mol. The summed E-state index contributed by atoms with van der Waals surface area (Å²) in [6, 6.07) is 11.3. The molecule has 1 aromatic heterocycles. The molecule has 0 aliphatic carbocycles. The normalized spacial score (nSPS) is 11.4. The summed E-state index contributed by atoms with van der Waals surface area (Å²) >= 11 is 3.43. The molecule has 0 aliphatic rings. The van der Waals surface area contributed by atoms with E-state index in [0.717, 1.165) is 26.5 Å². The van der Waals surface area contributed by atoms with E-state index in [0.29, 0.717) is 12.3 Å². The van der Waals surface area contributed by atoms with Crippen LogP contribution < -0.4 is 4.74 Å². The molecule has 0 spiro atoms. The first kappa shape index (κ1) is 19.1. The summed E-state index contributed by atoms with van der Waals surface area (Å²) in [4.78, 5) is 12.1. The number of carbonyl (C=O) groups excluding carboxylic acids is 1. The highest BCUT2D eigenvalue weighted by Gasteiger charge is 2.15. The highest BCUT2D eigenvalue weighted by Crippen LogP contribution is 2.38. The molecule has 0 unspecified atom stereocenters. The Balaban J connectivity index is 1.78. The number of carbonyl (C=O) groups is 1. The van der Waals surface area contributed by atoms with Crippen LogP contribution in [0, 0.1) is 13.8 Å². The maximum Gasteiger partial charge on any atom is 0.302 e. The van der Waals surface area contributed by atoms with Gasteiger partial charge < -0.3 is 14.4 Å². The average molecular weight is 430 g/mol. The van der Waals surface area contributed by atoms with Crippen molar-refractivity contribution in [1.29, 1.82) is 0 Å². The Morgan fingerprint density at radius 1 is 1.22 bits per heavy atom. The molecule has 7 heteroatoms. The van der Waals surface area contributed by atoms with Crippen molar-refractivity contribution in [2.45, 2.75) is 27.3 Å². The number of amides is 1. The number of rotatable bonds is 5. The molecule has 0 aliphatic heterocycles. The Morgan fingerprint density at radius 2 is 1.89 bits per heavy atom. The minimum atomic E-state index is -0.524. The monoisotopic (exact) mass is 429 g/mol. The molecule has 6 nitrogen and oxygen atoms in total. The second kappa shape index (κ2) is 7.92. The number of azo groups is 1. The number of ether oxygens (including phenoxy) is 1. The van der Waals surface area contributed by atoms with Crippen LogP contribution in [-0.2, 0) is 11.3 Å². The van der Waals surface area contributed by atoms with E-state index in [4.69, 9.17) is 4.74 Å². The number of hydrogen-bond acceptors (Lipinski definition) is 4. The number of nitrogens with zero attached hydrogens (tertiary/aromatic N) is 3. The van der Waals surface area contributed by atoms with E-state index in [2.05, 4.69) is 26.2 Å². The fraction of sp³-hybridized carbons (Fsp3) is 0.250. The summed E-state index contributed by atoms with van der Waals surface area (Å²) in [6.45, 7) is 6.11. The van der Waals surface area contributed by atoms with Crippen molar-refractivity contribution < 1.29 is 14.6 Å². The molecule has 1 N–H and O–H groups in total. The molecule has 0 bridgehead atoms. The molecule has 2 aromatic carbocycles. The van der Waals surface area contributed by atoms with E-state index < -0.39 is 5.91 Å². The summed E-state index contributed by atoms with van der Waals surface area (Å²) in [7, 11) is 0. The van der Waals surface area contributed by atoms with E-state index >= 15 is 0 Å². The first-order valence-corrected chi connectivity index (χ1v) is 9.36. The van der Waals surface area contributed by atoms with Gasteiger partial charge in [-0.1, -0.05) is 34.1 Å². The van der Waals surface area contributed by atoms with Gasteiger partial charge in [0.25, 0.3) is 0 Å². The Kier molecular flexibility index (Phi) is 5.60. The number of aromatic hydroxyl groups is 1. The van der Waals surface area contributed by atoms with Crippen molar-refractivity contribution in [2.24, 2.45) is 10.2 Å². The first-order valence-electron chi connectivity index (χ1n) is 8.56. The summed E-state index contributed by atoms with van der Waals surface area (Å²) in [5.74, 6) is 0.132. The Bertz CT molecular complexity index is 1020. The number of halogens is 1. The van der Waals surface area contributed by atoms with E-state index in [1.54, 1.807) is 4.57 Å². The van der Waals surface area contributed by atoms with Gasteiger partial charge in [0.1, 0.15) is 5.75 Å².